The molecule has 1 aromatic rings. The van der Waals surface area contributed by atoms with E-state index in [-0.39, 0.29) is 5.82 Å². The van der Waals surface area contributed by atoms with Crippen molar-refractivity contribution in [2.24, 2.45) is 5.92 Å². The number of nitrogens with one attached hydrogen (secondary N) is 1. The maximum atomic E-state index is 11.3. The molecule has 18 heavy (non-hydrogen) atoms. The maximum absolute atomic E-state index is 11.3. The molecule has 1 saturated heterocycles. The third kappa shape index (κ3) is 3.40. The summed E-state index contributed by atoms with van der Waals surface area (Å²) < 4.78 is 9.88. The van der Waals surface area contributed by atoms with Gasteiger partial charge in [-0.25, -0.2) is 14.8 Å². The summed E-state index contributed by atoms with van der Waals surface area (Å²) in [5.74, 6) is 0.818. The summed E-state index contributed by atoms with van der Waals surface area (Å²) in [6, 6.07) is 1.73. The Morgan fingerprint density at radius 2 is 2.56 bits per heavy atom. The molecule has 0 spiro atoms. The Bertz CT molecular complexity index is 405. The fraction of sp³-hybridized carbons (Fsp3) is 0.583. The average Bonchev–Trinajstić information content (AvgIpc) is 2.91. The molecule has 0 aliphatic carbocycles. The summed E-state index contributed by atoms with van der Waals surface area (Å²) in [6.45, 7) is 2.52. The van der Waals surface area contributed by atoms with Gasteiger partial charge in [-0.05, 0) is 24.8 Å². The Kier molecular flexibility index (Phi) is 4.46. The van der Waals surface area contributed by atoms with Crippen LogP contribution in [0.3, 0.4) is 0 Å². The van der Waals surface area contributed by atoms with E-state index < -0.39 is 5.97 Å². The number of rotatable bonds is 5. The van der Waals surface area contributed by atoms with Gasteiger partial charge in [0.05, 0.1) is 7.11 Å². The third-order valence-corrected chi connectivity index (χ3v) is 2.91. The quantitative estimate of drug-likeness (QED) is 0.790. The van der Waals surface area contributed by atoms with E-state index in [4.69, 9.17) is 4.74 Å². The molecule has 1 aromatic heterocycles. The molecule has 98 valence electrons. The number of methoxy groups -OCH3 is 1. The van der Waals surface area contributed by atoms with Crippen LogP contribution < -0.4 is 5.32 Å². The first-order chi connectivity index (χ1) is 8.79. The second-order valence-corrected chi connectivity index (χ2v) is 4.20. The van der Waals surface area contributed by atoms with Gasteiger partial charge in [-0.2, -0.15) is 0 Å². The van der Waals surface area contributed by atoms with E-state index in [1.165, 1.54) is 7.11 Å². The molecule has 0 bridgehead atoms. The molecule has 1 N–H and O–H groups in total. The molecule has 1 fully saturated rings. The van der Waals surface area contributed by atoms with Gasteiger partial charge in [0.15, 0.2) is 0 Å². The molecular weight excluding hydrogens is 234 g/mol. The van der Waals surface area contributed by atoms with Gasteiger partial charge in [-0.3, -0.25) is 0 Å². The van der Waals surface area contributed by atoms with Gasteiger partial charge in [-0.1, -0.05) is 0 Å². The van der Waals surface area contributed by atoms with Crippen LogP contribution in [0, 0.1) is 5.92 Å². The van der Waals surface area contributed by atoms with Gasteiger partial charge in [0.2, 0.25) is 5.82 Å². The standard InChI is InChI=1S/C12H17N3O3/c1-17-12(16)11-14-6-3-10(15-11)13-5-2-9-4-7-18-8-9/h3,6,9H,2,4-5,7-8H2,1H3,(H,13,14,15). The van der Waals surface area contributed by atoms with Gasteiger partial charge in [0.1, 0.15) is 5.82 Å². The lowest BCUT2D eigenvalue weighted by molar-refractivity contribution is 0.0587. The van der Waals surface area contributed by atoms with Crippen LogP contribution in [0.5, 0.6) is 0 Å². The van der Waals surface area contributed by atoms with Gasteiger partial charge >= 0.3 is 5.97 Å². The second-order valence-electron chi connectivity index (χ2n) is 4.20. The van der Waals surface area contributed by atoms with Crippen LogP contribution in [0.1, 0.15) is 23.5 Å². The van der Waals surface area contributed by atoms with Crippen molar-refractivity contribution in [1.82, 2.24) is 9.97 Å². The van der Waals surface area contributed by atoms with E-state index in [1.54, 1.807) is 12.3 Å². The minimum atomic E-state index is -0.525. The van der Waals surface area contributed by atoms with Crippen molar-refractivity contribution in [3.8, 4) is 0 Å². The molecule has 0 amide bonds. The maximum Gasteiger partial charge on any atom is 0.376 e. The van der Waals surface area contributed by atoms with Crippen LogP contribution in [-0.2, 0) is 9.47 Å². The highest BCUT2D eigenvalue weighted by atomic mass is 16.5. The van der Waals surface area contributed by atoms with E-state index in [0.29, 0.717) is 11.7 Å². The Hall–Kier alpha value is -1.69. The molecule has 0 aromatic carbocycles. The second kappa shape index (κ2) is 6.30. The lowest BCUT2D eigenvalue weighted by Gasteiger charge is -2.09. The van der Waals surface area contributed by atoms with Crippen molar-refractivity contribution in [2.45, 2.75) is 12.8 Å². The van der Waals surface area contributed by atoms with Crippen molar-refractivity contribution in [2.75, 3.05) is 32.2 Å². The number of carbonyl (C=O) groups is 1. The molecule has 0 radical (unpaired) electrons. The summed E-state index contributed by atoms with van der Waals surface area (Å²) in [5.41, 5.74) is 0. The SMILES string of the molecule is COC(=O)c1nccc(NCCC2CCOC2)n1. The molecule has 1 aliphatic heterocycles. The van der Waals surface area contributed by atoms with Crippen molar-refractivity contribution in [1.29, 1.82) is 0 Å². The normalized spacial score (nSPS) is 18.6. The minimum absolute atomic E-state index is 0.0756. The number of anilines is 1. The highest BCUT2D eigenvalue weighted by Crippen LogP contribution is 2.16. The number of nitrogens with zero attached hydrogens (tertiary/aromatic N) is 2. The van der Waals surface area contributed by atoms with Crippen molar-refractivity contribution >= 4 is 11.8 Å². The van der Waals surface area contributed by atoms with Crippen molar-refractivity contribution in [3.63, 3.8) is 0 Å². The predicted octanol–water partition coefficient (Wildman–Crippen LogP) is 1.10. The van der Waals surface area contributed by atoms with E-state index in [2.05, 4.69) is 20.0 Å². The zero-order chi connectivity index (χ0) is 12.8. The van der Waals surface area contributed by atoms with E-state index in [0.717, 1.165) is 32.6 Å². The Morgan fingerprint density at radius 3 is 3.28 bits per heavy atom. The number of hydrogen-bond donors (Lipinski definition) is 1. The van der Waals surface area contributed by atoms with E-state index in [9.17, 15) is 4.79 Å². The van der Waals surface area contributed by atoms with Crippen LogP contribution in [0.2, 0.25) is 0 Å². The van der Waals surface area contributed by atoms with Gasteiger partial charge in [-0.15, -0.1) is 0 Å². The molecule has 1 atom stereocenters. The first-order valence-electron chi connectivity index (χ1n) is 6.02. The van der Waals surface area contributed by atoms with Gasteiger partial charge < -0.3 is 14.8 Å². The van der Waals surface area contributed by atoms with Crippen LogP contribution in [-0.4, -0.2) is 42.8 Å². The van der Waals surface area contributed by atoms with Crippen LogP contribution >= 0.6 is 0 Å². The predicted molar refractivity (Wildman–Crippen MR) is 65.4 cm³/mol. The third-order valence-electron chi connectivity index (χ3n) is 2.91. The molecule has 2 heterocycles. The summed E-state index contributed by atoms with van der Waals surface area (Å²) in [5, 5.41) is 3.18. The number of ether oxygens (including phenoxy) is 2. The monoisotopic (exact) mass is 251 g/mol. The minimum Gasteiger partial charge on any atom is -0.463 e. The van der Waals surface area contributed by atoms with Crippen molar-refractivity contribution < 1.29 is 14.3 Å². The smallest absolute Gasteiger partial charge is 0.376 e. The first-order valence-corrected chi connectivity index (χ1v) is 6.02. The highest BCUT2D eigenvalue weighted by Gasteiger charge is 2.15. The summed E-state index contributed by atoms with van der Waals surface area (Å²) in [6.07, 6.45) is 3.71. The molecule has 2 rings (SSSR count). The molecule has 1 unspecified atom stereocenters. The van der Waals surface area contributed by atoms with E-state index in [1.807, 2.05) is 0 Å². The summed E-state index contributed by atoms with van der Waals surface area (Å²) >= 11 is 0. The van der Waals surface area contributed by atoms with Crippen molar-refractivity contribution in [3.05, 3.63) is 18.1 Å². The average molecular weight is 251 g/mol. The topological polar surface area (TPSA) is 73.3 Å². The fourth-order valence-electron chi connectivity index (χ4n) is 1.86. The van der Waals surface area contributed by atoms with Crippen LogP contribution in [0.15, 0.2) is 12.3 Å². The van der Waals surface area contributed by atoms with E-state index >= 15 is 0 Å². The zero-order valence-electron chi connectivity index (χ0n) is 10.4. The zero-order valence-corrected chi connectivity index (χ0v) is 10.4. The lowest BCUT2D eigenvalue weighted by atomic mass is 10.1. The Balaban J connectivity index is 1.83. The highest BCUT2D eigenvalue weighted by molar-refractivity contribution is 5.85. The molecule has 1 aliphatic rings. The number of esters is 1. The molecule has 6 heteroatoms. The summed E-state index contributed by atoms with van der Waals surface area (Å²) in [7, 11) is 1.31. The van der Waals surface area contributed by atoms with Crippen LogP contribution in [0.4, 0.5) is 5.82 Å². The molecular formula is C12H17N3O3. The Morgan fingerprint density at radius 1 is 1.67 bits per heavy atom. The number of aromatic nitrogens is 2. The first kappa shape index (κ1) is 12.8. The summed E-state index contributed by atoms with van der Waals surface area (Å²) in [4.78, 5) is 19.2. The number of hydrogen-bond acceptors (Lipinski definition) is 6. The Labute approximate surface area is 106 Å². The number of carbonyl (C=O) groups excluding carboxylic acids is 1. The molecule has 0 saturated carbocycles. The van der Waals surface area contributed by atoms with Gasteiger partial charge in [0, 0.05) is 26.0 Å². The van der Waals surface area contributed by atoms with Gasteiger partial charge in [0.25, 0.3) is 0 Å². The largest absolute Gasteiger partial charge is 0.463 e. The lowest BCUT2D eigenvalue weighted by Crippen LogP contribution is -2.12. The van der Waals surface area contributed by atoms with Crippen LogP contribution in [0.25, 0.3) is 0 Å². The molecule has 6 nitrogen and oxygen atoms in total. The fourth-order valence-corrected chi connectivity index (χ4v) is 1.86.